The first-order chi connectivity index (χ1) is 35.8. The number of nitrogens with one attached hydrogen (secondary N) is 1. The van der Waals surface area contributed by atoms with Gasteiger partial charge in [0.15, 0.2) is 0 Å². The number of hydrogen-bond acceptors (Lipinski definition) is 10. The van der Waals surface area contributed by atoms with Gasteiger partial charge in [0.1, 0.15) is 0 Å². The summed E-state index contributed by atoms with van der Waals surface area (Å²) in [6.45, 7) is 89.2. The number of ether oxygens (including phenoxy) is 1. The number of piperazine rings is 2. The summed E-state index contributed by atoms with van der Waals surface area (Å²) in [6.07, 6.45) is 6.49. The topological polar surface area (TPSA) is 47.2 Å². The van der Waals surface area contributed by atoms with Crippen molar-refractivity contribution >= 4 is 0 Å². The Morgan fingerprint density at radius 2 is 0.709 bits per heavy atom. The van der Waals surface area contributed by atoms with Gasteiger partial charge in [-0.25, -0.2) is 0 Å². The minimum Gasteiger partial charge on any atom is -0.379 e. The normalized spacial score (nSPS) is 17.6. The van der Waals surface area contributed by atoms with Crippen LogP contribution in [0.25, 0.3) is 0 Å². The highest BCUT2D eigenvalue weighted by Gasteiger charge is 2.23. The van der Waals surface area contributed by atoms with E-state index in [1.165, 1.54) is 156 Å². The van der Waals surface area contributed by atoms with Gasteiger partial charge >= 0.3 is 0 Å². The fraction of sp³-hybridized carbons (Fsp3) is 1.00. The lowest BCUT2D eigenvalue weighted by Gasteiger charge is -2.33. The molecule has 10 nitrogen and oxygen atoms in total. The van der Waals surface area contributed by atoms with Gasteiger partial charge in [-0.1, -0.05) is 187 Å². The predicted octanol–water partition coefficient (Wildman–Crippen LogP) is 14.7. The maximum absolute atomic E-state index is 5.29. The van der Waals surface area contributed by atoms with Crippen LogP contribution in [-0.4, -0.2) is 225 Å². The van der Waals surface area contributed by atoms with E-state index < -0.39 is 0 Å². The second-order valence-electron chi connectivity index (χ2n) is 32.9. The van der Waals surface area contributed by atoms with Crippen LogP contribution in [0.4, 0.5) is 0 Å². The van der Waals surface area contributed by atoms with Crippen LogP contribution in [-0.2, 0) is 4.74 Å². The molecule has 0 aromatic heterocycles. The van der Waals surface area contributed by atoms with Crippen LogP contribution < -0.4 is 5.32 Å². The summed E-state index contributed by atoms with van der Waals surface area (Å²) in [6, 6.07) is 0. The molecular weight excluding hydrogens is 971 g/mol. The molecule has 3 aliphatic rings. The number of morpholine rings is 1. The van der Waals surface area contributed by atoms with Crippen molar-refractivity contribution in [3.8, 4) is 0 Å². The van der Waals surface area contributed by atoms with Crippen molar-refractivity contribution in [3.05, 3.63) is 0 Å². The Kier molecular flexibility index (Phi) is 47.5. The van der Waals surface area contributed by atoms with E-state index in [-0.39, 0.29) is 0 Å². The van der Waals surface area contributed by atoms with Crippen molar-refractivity contribution in [2.75, 3.05) is 186 Å². The molecule has 0 radical (unpaired) electrons. The van der Waals surface area contributed by atoms with Crippen molar-refractivity contribution in [1.82, 2.24) is 44.5 Å². The summed E-state index contributed by atoms with van der Waals surface area (Å²) >= 11 is 0. The van der Waals surface area contributed by atoms with Crippen molar-refractivity contribution in [1.29, 1.82) is 0 Å². The molecule has 0 bridgehead atoms. The third-order valence-electron chi connectivity index (χ3n) is 15.8. The number of rotatable bonds is 18. The summed E-state index contributed by atoms with van der Waals surface area (Å²) in [7, 11) is 10.7. The molecule has 3 heterocycles. The van der Waals surface area contributed by atoms with Gasteiger partial charge in [-0.15, -0.1) is 0 Å². The molecule has 3 fully saturated rings. The van der Waals surface area contributed by atoms with Crippen LogP contribution in [0.1, 0.15) is 219 Å². The Bertz CT molecular complexity index is 1280. The van der Waals surface area contributed by atoms with Gasteiger partial charge in [0.2, 0.25) is 0 Å². The lowest BCUT2D eigenvalue weighted by atomic mass is 9.82. The summed E-state index contributed by atoms with van der Waals surface area (Å²) in [5, 5.41) is 3.37. The van der Waals surface area contributed by atoms with Crippen LogP contribution in [0.5, 0.6) is 0 Å². The Balaban J connectivity index is -0.000000417. The van der Waals surface area contributed by atoms with E-state index in [1.54, 1.807) is 0 Å². The minimum absolute atomic E-state index is 0.447. The van der Waals surface area contributed by atoms with Crippen LogP contribution in [0, 0.1) is 49.7 Å². The van der Waals surface area contributed by atoms with Gasteiger partial charge in [-0.05, 0) is 176 Å². The van der Waals surface area contributed by atoms with Crippen molar-refractivity contribution < 1.29 is 4.74 Å². The minimum atomic E-state index is 0.447. The highest BCUT2D eigenvalue weighted by molar-refractivity contribution is 4.76. The molecule has 79 heavy (non-hydrogen) atoms. The third kappa shape index (κ3) is 63.5. The van der Waals surface area contributed by atoms with Gasteiger partial charge in [0.25, 0.3) is 0 Å². The van der Waals surface area contributed by atoms with Crippen LogP contribution in [0.15, 0.2) is 0 Å². The standard InChI is InChI=1S/C11H24N2.C11H25N.C10H22N2.C10H21NO.C10H23N.C9H21N.C8H19N/c1-11(2,3)5-6-13-9-7-12(4)8-10-13;1-7-12(8-2)9-10(3)11(4,5)6;1-10(2,3)4-7-12-8-5-11-6-9-12;1-10(2,3)4-5-11-6-8-12-9-7-11;1-6-11(7-2)9-8-10(3,4)5;1-8(7-10(5)6)9(2,3)4;1-8(2,3)6-7-9(4)5/h5-10H2,1-4H3;10H,7-9H2,1-6H3;11H,4-9H2,1-3H3;4-9H2,1-3H3;6-9H2,1-5H3;8H,7H2,1-6H3;6-7H2,1-5H3. The highest BCUT2D eigenvalue weighted by Crippen LogP contribution is 2.27. The zero-order valence-electron chi connectivity index (χ0n) is 60.9. The zero-order chi connectivity index (χ0) is 62.5. The highest BCUT2D eigenvalue weighted by atomic mass is 16.5. The molecule has 2 atom stereocenters. The van der Waals surface area contributed by atoms with E-state index in [4.69, 9.17) is 4.74 Å². The first kappa shape index (κ1) is 85.0. The largest absolute Gasteiger partial charge is 0.379 e. The van der Waals surface area contributed by atoms with Gasteiger partial charge in [-0.3, -0.25) is 4.90 Å². The molecule has 0 saturated carbocycles. The van der Waals surface area contributed by atoms with E-state index >= 15 is 0 Å². The SMILES string of the molecule is CC(C)(C)CCN1CCNCC1.CC(C)(C)CCN1CCOCC1.CC(CN(C)C)C(C)(C)C.CCN(CC)CC(C)C(C)(C)C.CCN(CC)CCC(C)(C)C.CN(C)CCC(C)(C)C.CN1CCN(CCC(C)(C)C)CC1. The monoisotopic (exact) mass is 1130 g/mol. The molecule has 0 aliphatic carbocycles. The molecule has 3 aliphatic heterocycles. The summed E-state index contributed by atoms with van der Waals surface area (Å²) in [5.41, 5.74) is 3.33. The van der Waals surface area contributed by atoms with E-state index in [9.17, 15) is 0 Å². The Morgan fingerprint density at radius 1 is 0.392 bits per heavy atom. The molecule has 0 aromatic carbocycles. The molecule has 3 saturated heterocycles. The fourth-order valence-electron chi connectivity index (χ4n) is 7.87. The van der Waals surface area contributed by atoms with Crippen molar-refractivity contribution in [3.63, 3.8) is 0 Å². The first-order valence-electron chi connectivity index (χ1n) is 32.7. The molecule has 0 spiro atoms. The third-order valence-corrected chi connectivity index (χ3v) is 15.8. The molecule has 482 valence electrons. The van der Waals surface area contributed by atoms with Gasteiger partial charge in [0, 0.05) is 78.5 Å². The van der Waals surface area contributed by atoms with Gasteiger partial charge in [-0.2, -0.15) is 0 Å². The smallest absolute Gasteiger partial charge is 0.0594 e. The quantitative estimate of drug-likeness (QED) is 0.144. The second-order valence-corrected chi connectivity index (χ2v) is 32.9. The predicted molar refractivity (Wildman–Crippen MR) is 361 cm³/mol. The van der Waals surface area contributed by atoms with Crippen LogP contribution in [0.2, 0.25) is 0 Å². The van der Waals surface area contributed by atoms with E-state index in [1.807, 2.05) is 0 Å². The molecule has 3 rings (SSSR count). The molecular formula is C69H155N9O. The van der Waals surface area contributed by atoms with Crippen LogP contribution in [0.3, 0.4) is 0 Å². The second kappa shape index (κ2) is 44.1. The molecule has 0 amide bonds. The fourth-order valence-corrected chi connectivity index (χ4v) is 7.87. The molecule has 0 aromatic rings. The Morgan fingerprint density at radius 3 is 0.987 bits per heavy atom. The summed E-state index contributed by atoms with van der Waals surface area (Å²) < 4.78 is 5.29. The van der Waals surface area contributed by atoms with Crippen LogP contribution >= 0.6 is 0 Å². The van der Waals surface area contributed by atoms with E-state index in [0.717, 1.165) is 38.1 Å². The Labute approximate surface area is 501 Å². The maximum Gasteiger partial charge on any atom is 0.0594 e. The van der Waals surface area contributed by atoms with Crippen molar-refractivity contribution in [2.24, 2.45) is 49.7 Å². The number of likely N-dealkylation sites (N-methyl/N-ethyl adjacent to an activating group) is 1. The summed E-state index contributed by atoms with van der Waals surface area (Å²) in [5.74, 6) is 1.54. The molecule has 2 unspecified atom stereocenters. The van der Waals surface area contributed by atoms with Gasteiger partial charge < -0.3 is 44.4 Å². The van der Waals surface area contributed by atoms with E-state index in [0.29, 0.717) is 37.9 Å². The Hall–Kier alpha value is -0.400. The molecule has 1 N–H and O–H groups in total. The van der Waals surface area contributed by atoms with E-state index in [2.05, 4.69) is 267 Å². The molecule has 10 heteroatoms. The maximum atomic E-state index is 5.29. The lowest BCUT2D eigenvalue weighted by molar-refractivity contribution is 0.0333. The average molecular weight is 1130 g/mol. The number of nitrogens with zero attached hydrogens (tertiary/aromatic N) is 8. The summed E-state index contributed by atoms with van der Waals surface area (Å²) in [4.78, 5) is 19.5. The first-order valence-corrected chi connectivity index (χ1v) is 32.7. The average Bonchev–Trinajstić information content (AvgIpc) is 3.31. The zero-order valence-corrected chi connectivity index (χ0v) is 60.9. The van der Waals surface area contributed by atoms with Gasteiger partial charge in [0.05, 0.1) is 13.2 Å². The van der Waals surface area contributed by atoms with Crippen molar-refractivity contribution in [2.45, 2.75) is 219 Å². The lowest BCUT2D eigenvalue weighted by Crippen LogP contribution is -2.45. The number of hydrogen-bond donors (Lipinski definition) is 1.